The van der Waals surface area contributed by atoms with Crippen molar-refractivity contribution < 1.29 is 69.1 Å². The van der Waals surface area contributed by atoms with Gasteiger partial charge in [-0.3, -0.25) is 0 Å². The molecule has 0 aromatic heterocycles. The second-order valence-corrected chi connectivity index (χ2v) is 30.2. The molecule has 576 valence electrons. The Balaban J connectivity index is 0.000000170. The van der Waals surface area contributed by atoms with Crippen LogP contribution in [-0.4, -0.2) is 27.2 Å². The summed E-state index contributed by atoms with van der Waals surface area (Å²) >= 11 is 0. The zero-order chi connectivity index (χ0) is 80.6. The molecular formula is C107H105N6O2Rb. The molecule has 1 unspecified atom stereocenters. The second-order valence-electron chi connectivity index (χ2n) is 30.2. The number of nitrogens with zero attached hydrogens (tertiary/aromatic N) is 6. The van der Waals surface area contributed by atoms with Crippen LogP contribution < -0.4 is 68.0 Å². The quantitative estimate of drug-likeness (QED) is 0.0327. The van der Waals surface area contributed by atoms with E-state index in [2.05, 4.69) is 262 Å². The predicted octanol–water partition coefficient (Wildman–Crippen LogP) is 26.0. The average molecular weight is 1590 g/mol. The summed E-state index contributed by atoms with van der Waals surface area (Å²) in [5.74, 6) is 3.31. The van der Waals surface area contributed by atoms with Crippen molar-refractivity contribution in [3.63, 3.8) is 0 Å². The number of anilines is 2. The first-order chi connectivity index (χ1) is 56.3. The molecule has 11 aromatic rings. The largest absolute Gasteiger partial charge is 1.00 e. The van der Waals surface area contributed by atoms with Crippen molar-refractivity contribution in [1.29, 1.82) is 10.5 Å². The fraction of sp³-hybridized carbons (Fsp3) is 0.234. The van der Waals surface area contributed by atoms with Crippen LogP contribution in [0.25, 0.3) is 105 Å². The molecule has 15 rings (SSSR count). The number of hydrogen-bond donors (Lipinski definition) is 0. The Morgan fingerprint density at radius 1 is 0.509 bits per heavy atom. The van der Waals surface area contributed by atoms with E-state index in [9.17, 15) is 0 Å². The molecule has 0 spiro atoms. The molecule has 0 fully saturated rings. The van der Waals surface area contributed by atoms with Crippen molar-refractivity contribution in [2.75, 3.05) is 37.0 Å². The van der Waals surface area contributed by atoms with Crippen molar-refractivity contribution in [1.82, 2.24) is 0 Å². The average Bonchev–Trinajstić information content (AvgIpc) is 0.698. The Bertz CT molecular complexity index is 5420. The molecule has 9 heteroatoms. The maximum absolute atomic E-state index is 9.11. The first kappa shape index (κ1) is 85.7. The van der Waals surface area contributed by atoms with Crippen molar-refractivity contribution >= 4 is 61.9 Å². The minimum Gasteiger partial charge on any atom is -1.00 e. The molecule has 4 heterocycles. The minimum atomic E-state index is 0. The maximum atomic E-state index is 9.11. The van der Waals surface area contributed by atoms with Gasteiger partial charge in [-0.1, -0.05) is 271 Å². The third-order valence-electron chi connectivity index (χ3n) is 22.0. The molecule has 0 saturated heterocycles. The van der Waals surface area contributed by atoms with Crippen LogP contribution in [0.2, 0.25) is 0 Å². The van der Waals surface area contributed by atoms with E-state index in [1.807, 2.05) is 80.6 Å². The van der Waals surface area contributed by atoms with Crippen LogP contribution >= 0.6 is 0 Å². The van der Waals surface area contributed by atoms with Crippen LogP contribution in [0.1, 0.15) is 158 Å². The minimum absolute atomic E-state index is 0. The van der Waals surface area contributed by atoms with Crippen molar-refractivity contribution in [2.24, 2.45) is 0 Å². The molecule has 0 N–H and O–H groups in total. The molecule has 0 amide bonds. The fourth-order valence-electron chi connectivity index (χ4n) is 16.5. The summed E-state index contributed by atoms with van der Waals surface area (Å²) in [6, 6.07) is 83.2. The summed E-state index contributed by atoms with van der Waals surface area (Å²) in [6.07, 6.45) is 35.7. The number of fused-ring (bicyclic) bond motifs is 3. The Labute approximate surface area is 739 Å². The van der Waals surface area contributed by atoms with Gasteiger partial charge in [0.2, 0.25) is 0 Å². The Hall–Kier alpha value is -11.2. The van der Waals surface area contributed by atoms with Gasteiger partial charge in [-0.25, -0.2) is 20.2 Å². The summed E-state index contributed by atoms with van der Waals surface area (Å²) in [5.41, 5.74) is 25.2. The first-order valence-corrected chi connectivity index (χ1v) is 40.9. The van der Waals surface area contributed by atoms with Gasteiger partial charge in [-0.2, -0.15) is 0 Å². The molecule has 4 aliphatic rings. The third kappa shape index (κ3) is 20.9. The number of rotatable bonds is 20. The Morgan fingerprint density at radius 3 is 1.31 bits per heavy atom. The van der Waals surface area contributed by atoms with Crippen molar-refractivity contribution in [3.8, 4) is 56.6 Å². The van der Waals surface area contributed by atoms with Gasteiger partial charge in [0.05, 0.1) is 25.3 Å². The molecule has 0 saturated carbocycles. The third-order valence-corrected chi connectivity index (χ3v) is 22.0. The molecule has 11 aromatic carbocycles. The molecular weight excluding hydrogens is 1490 g/mol. The molecule has 0 aliphatic carbocycles. The van der Waals surface area contributed by atoms with Gasteiger partial charge in [0, 0.05) is 38.6 Å². The predicted molar refractivity (Wildman–Crippen MR) is 487 cm³/mol. The topological polar surface area (TPSA) is 81.2 Å². The summed E-state index contributed by atoms with van der Waals surface area (Å²) in [5, 5.41) is 25.7. The molecule has 116 heavy (non-hydrogen) atoms. The van der Waals surface area contributed by atoms with E-state index >= 15 is 0 Å². The number of ether oxygens (including phenoxy) is 2. The SMILES string of the molecule is C/C=C/c1cc(CCCCC)c(C)cc1C(CC)CCCCC.[C-]#[N+]/C(C#N)=C1\C=C(C)OC(/C=C/c2cc3c4c(c2)CCCN4CCC3)=C1.[C-]#[N+]/C(C#N)=C1\C=C(C)OC(/C=C/c2ccc(N(C)C)cc2)=C1.[H-].[Rb+].c1ccc(-c2c3ccccc3c(-c3ccccc3)c3c(-c4ccccc4)c4ccccc4c(-c4ccccc4)c23)cc1. The molecule has 8 nitrogen and oxygen atoms in total. The van der Waals surface area contributed by atoms with Crippen molar-refractivity contribution in [2.45, 2.75) is 138 Å². The zero-order valence-electron chi connectivity index (χ0n) is 70.2. The van der Waals surface area contributed by atoms with Crippen molar-refractivity contribution in [3.05, 3.63) is 374 Å². The van der Waals surface area contributed by atoms with E-state index in [4.69, 9.17) is 33.1 Å². The molecule has 4 aliphatic heterocycles. The molecule has 1 atom stereocenters. The maximum Gasteiger partial charge on any atom is 1.00 e. The van der Waals surface area contributed by atoms with Crippen LogP contribution in [0.15, 0.2) is 306 Å². The number of aryl methyl sites for hydroxylation is 4. The zero-order valence-corrected chi connectivity index (χ0v) is 74.2. The summed E-state index contributed by atoms with van der Waals surface area (Å²) in [7, 11) is 4.00. The van der Waals surface area contributed by atoms with Gasteiger partial charge in [-0.15, -0.1) is 0 Å². The van der Waals surface area contributed by atoms with Gasteiger partial charge in [-0.05, 0) is 278 Å². The van der Waals surface area contributed by atoms with E-state index in [-0.39, 0.29) is 71.0 Å². The Morgan fingerprint density at radius 2 is 0.922 bits per heavy atom. The van der Waals surface area contributed by atoms with E-state index < -0.39 is 0 Å². The number of unbranched alkanes of at least 4 members (excludes halogenated alkanes) is 4. The van der Waals surface area contributed by atoms with Gasteiger partial charge >= 0.3 is 58.2 Å². The van der Waals surface area contributed by atoms with Gasteiger partial charge in [0.1, 0.15) is 23.0 Å². The van der Waals surface area contributed by atoms with E-state index in [0.717, 1.165) is 30.0 Å². The molecule has 0 radical (unpaired) electrons. The van der Waals surface area contributed by atoms with Crippen LogP contribution in [0, 0.1) is 42.7 Å². The fourth-order valence-corrected chi connectivity index (χ4v) is 16.5. The van der Waals surface area contributed by atoms with E-state index in [1.54, 1.807) is 42.4 Å². The van der Waals surface area contributed by atoms with Crippen LogP contribution in [0.3, 0.4) is 0 Å². The Kier molecular flexibility index (Phi) is 31.4. The first-order valence-electron chi connectivity index (χ1n) is 40.9. The summed E-state index contributed by atoms with van der Waals surface area (Å²) < 4.78 is 11.4. The van der Waals surface area contributed by atoms with Crippen LogP contribution in [-0.2, 0) is 28.7 Å². The normalized spacial score (nSPS) is 14.5. The molecule has 0 bridgehead atoms. The van der Waals surface area contributed by atoms with E-state index in [1.165, 1.54) is 194 Å². The van der Waals surface area contributed by atoms with Gasteiger partial charge in [0.15, 0.2) is 0 Å². The number of hydrogen-bond acceptors (Lipinski definition) is 6. The van der Waals surface area contributed by atoms with Gasteiger partial charge in [0.25, 0.3) is 11.4 Å². The smallest absolute Gasteiger partial charge is 1.00 e. The van der Waals surface area contributed by atoms with Gasteiger partial charge < -0.3 is 20.7 Å². The van der Waals surface area contributed by atoms with Crippen LogP contribution in [0.5, 0.6) is 0 Å². The summed E-state index contributed by atoms with van der Waals surface area (Å²) in [4.78, 5) is 11.1. The number of benzene rings is 11. The standard InChI is InChI=1S/C42H28.C23H21N3O.C23H38.C19H17N3O.Rb.H/c1-5-17-29(18-6-1)37-33-25-13-14-26-34(33)39(31-21-9-3-10-22-31)42-40(32-23-11-4-12-24-32)36-28-16-15-27-35(36)38(41(37)42)30-19-7-2-8-20-30;1-16-11-20(22(15-24)25-2)14-21(27-16)8-7-17-12-18-5-3-9-26-10-4-6-19(13-17)23(18)26;1-6-10-12-15-20(9-4)23-17-19(5)21(16-13-11-7-2)18-22(23)14-8-3;1-14-11-16(19(13-20)21-2)12-18(23-14)10-7-15-5-8-17(9-6-15)22(3)4;;/h1-28H;7-8,11-14H,3-6,9-10H2,1H3;8,14,17-18,20H,6-7,9-13,15-16H2,1-5H3;5-12H,1,3-4H3;;/q;;;;+1;-1/b;8-7+,22-20+;14-8+;10-7+,19-16+;;. The van der Waals surface area contributed by atoms with Crippen LogP contribution in [0.4, 0.5) is 11.4 Å². The second kappa shape index (κ2) is 42.4. The van der Waals surface area contributed by atoms with E-state index in [0.29, 0.717) is 34.2 Å². The number of nitriles is 2. The summed E-state index contributed by atoms with van der Waals surface area (Å²) in [6.45, 7) is 31.5. The monoisotopic (exact) mass is 1590 g/mol. The number of allylic oxidation sites excluding steroid dienone is 13.